The van der Waals surface area contributed by atoms with Crippen molar-refractivity contribution in [3.05, 3.63) is 49.6 Å². The van der Waals surface area contributed by atoms with E-state index >= 15 is 0 Å². The molecule has 0 unspecified atom stereocenters. The number of halogens is 2. The molecule has 16 heavy (non-hydrogen) atoms. The van der Waals surface area contributed by atoms with E-state index < -0.39 is 0 Å². The number of anilines is 1. The van der Waals surface area contributed by atoms with Crippen LogP contribution in [0.3, 0.4) is 0 Å². The maximum absolute atomic E-state index is 5.89. The first kappa shape index (κ1) is 12.0. The number of para-hydroxylation sites is 1. The van der Waals surface area contributed by atoms with Gasteiger partial charge in [0, 0.05) is 3.57 Å². The lowest BCUT2D eigenvalue weighted by Crippen LogP contribution is -1.93. The van der Waals surface area contributed by atoms with Gasteiger partial charge in [0.15, 0.2) is 0 Å². The normalized spacial score (nSPS) is 10.1. The zero-order chi connectivity index (χ0) is 11.5. The largest absolute Gasteiger partial charge is 0.454 e. The number of hydrogen-bond acceptors (Lipinski definition) is 2. The van der Waals surface area contributed by atoms with Gasteiger partial charge in [0.05, 0.1) is 9.26 Å². The molecule has 0 aromatic heterocycles. The van der Waals surface area contributed by atoms with Crippen LogP contribution < -0.4 is 10.5 Å². The predicted molar refractivity (Wildman–Crippen MR) is 82.8 cm³/mol. The molecule has 0 atom stereocenters. The van der Waals surface area contributed by atoms with Crippen molar-refractivity contribution in [3.8, 4) is 11.5 Å². The number of benzene rings is 2. The van der Waals surface area contributed by atoms with Gasteiger partial charge >= 0.3 is 0 Å². The zero-order valence-electron chi connectivity index (χ0n) is 8.28. The van der Waals surface area contributed by atoms with E-state index in [4.69, 9.17) is 10.5 Å². The smallest absolute Gasteiger partial charge is 0.150 e. The molecule has 0 amide bonds. The maximum atomic E-state index is 5.89. The Morgan fingerprint density at radius 2 is 1.69 bits per heavy atom. The van der Waals surface area contributed by atoms with Gasteiger partial charge in [-0.1, -0.05) is 12.1 Å². The lowest BCUT2D eigenvalue weighted by Gasteiger charge is -2.09. The Hall–Kier alpha value is -0.500. The maximum Gasteiger partial charge on any atom is 0.150 e. The van der Waals surface area contributed by atoms with Gasteiger partial charge in [-0.05, 0) is 75.5 Å². The van der Waals surface area contributed by atoms with Gasteiger partial charge in [-0.3, -0.25) is 0 Å². The second-order valence-corrected chi connectivity index (χ2v) is 5.62. The van der Waals surface area contributed by atoms with Crippen LogP contribution in [-0.2, 0) is 0 Å². The van der Waals surface area contributed by atoms with Gasteiger partial charge in [-0.2, -0.15) is 0 Å². The van der Waals surface area contributed by atoms with Gasteiger partial charge < -0.3 is 10.5 Å². The van der Waals surface area contributed by atoms with E-state index in [2.05, 4.69) is 45.2 Å². The molecule has 0 radical (unpaired) electrons. The number of rotatable bonds is 2. The fourth-order valence-corrected chi connectivity index (χ4v) is 2.27. The average Bonchev–Trinajstić information content (AvgIpc) is 2.25. The fraction of sp³-hybridized carbons (Fsp3) is 0. The molecular formula is C12H9I2NO. The Morgan fingerprint density at radius 1 is 0.938 bits per heavy atom. The van der Waals surface area contributed by atoms with E-state index in [1.165, 1.54) is 0 Å². The average molecular weight is 437 g/mol. The molecule has 82 valence electrons. The summed E-state index contributed by atoms with van der Waals surface area (Å²) >= 11 is 4.46. The summed E-state index contributed by atoms with van der Waals surface area (Å²) in [7, 11) is 0. The summed E-state index contributed by atoms with van der Waals surface area (Å²) in [4.78, 5) is 0. The molecule has 0 saturated carbocycles. The van der Waals surface area contributed by atoms with Crippen molar-refractivity contribution in [3.63, 3.8) is 0 Å². The van der Waals surface area contributed by atoms with Crippen LogP contribution in [0.1, 0.15) is 0 Å². The minimum absolute atomic E-state index is 0.659. The highest BCUT2D eigenvalue weighted by atomic mass is 127. The zero-order valence-corrected chi connectivity index (χ0v) is 12.6. The van der Waals surface area contributed by atoms with Crippen LogP contribution >= 0.6 is 45.2 Å². The minimum Gasteiger partial charge on any atom is -0.454 e. The Kier molecular flexibility index (Phi) is 3.91. The molecule has 0 fully saturated rings. The third-order valence-electron chi connectivity index (χ3n) is 2.03. The van der Waals surface area contributed by atoms with Crippen molar-refractivity contribution in [2.45, 2.75) is 0 Å². The van der Waals surface area contributed by atoms with Crippen LogP contribution in [0.5, 0.6) is 11.5 Å². The lowest BCUT2D eigenvalue weighted by atomic mass is 10.3. The molecule has 0 saturated heterocycles. The Morgan fingerprint density at radius 3 is 2.38 bits per heavy atom. The number of ether oxygens (including phenoxy) is 1. The second-order valence-electron chi connectivity index (χ2n) is 3.21. The monoisotopic (exact) mass is 437 g/mol. The fourth-order valence-electron chi connectivity index (χ4n) is 1.26. The van der Waals surface area contributed by atoms with Crippen LogP contribution in [0, 0.1) is 7.14 Å². The van der Waals surface area contributed by atoms with E-state index in [9.17, 15) is 0 Å². The van der Waals surface area contributed by atoms with Gasteiger partial charge in [0.25, 0.3) is 0 Å². The molecule has 0 aliphatic heterocycles. The second kappa shape index (κ2) is 5.22. The van der Waals surface area contributed by atoms with E-state index in [0.717, 1.165) is 12.9 Å². The quantitative estimate of drug-likeness (QED) is 0.563. The summed E-state index contributed by atoms with van der Waals surface area (Å²) in [5.74, 6) is 1.53. The van der Waals surface area contributed by atoms with Gasteiger partial charge in [-0.15, -0.1) is 0 Å². The third-order valence-corrected chi connectivity index (χ3v) is 3.59. The first-order valence-corrected chi connectivity index (χ1v) is 6.80. The van der Waals surface area contributed by atoms with Crippen molar-refractivity contribution in [1.29, 1.82) is 0 Å². The predicted octanol–water partition coefficient (Wildman–Crippen LogP) is 4.27. The van der Waals surface area contributed by atoms with Crippen molar-refractivity contribution >= 4 is 50.9 Å². The van der Waals surface area contributed by atoms with E-state index in [0.29, 0.717) is 11.4 Å². The SMILES string of the molecule is Nc1cc(I)ccc1Oc1ccccc1I. The highest BCUT2D eigenvalue weighted by molar-refractivity contribution is 14.1. The molecule has 0 spiro atoms. The molecular weight excluding hydrogens is 428 g/mol. The molecule has 0 heterocycles. The molecule has 2 aromatic rings. The van der Waals surface area contributed by atoms with Crippen LogP contribution in [0.2, 0.25) is 0 Å². The molecule has 2 N–H and O–H groups in total. The molecule has 0 aliphatic rings. The summed E-state index contributed by atoms with van der Waals surface area (Å²) in [5.41, 5.74) is 6.55. The molecule has 2 rings (SSSR count). The summed E-state index contributed by atoms with van der Waals surface area (Å²) in [6.45, 7) is 0. The molecule has 0 bridgehead atoms. The summed E-state index contributed by atoms with van der Waals surface area (Å²) in [6.07, 6.45) is 0. The van der Waals surface area contributed by atoms with Gasteiger partial charge in [0.1, 0.15) is 11.5 Å². The highest BCUT2D eigenvalue weighted by Gasteiger charge is 2.04. The Balaban J connectivity index is 2.31. The molecule has 0 aliphatic carbocycles. The molecule has 4 heteroatoms. The van der Waals surface area contributed by atoms with Crippen molar-refractivity contribution in [2.24, 2.45) is 0 Å². The number of hydrogen-bond donors (Lipinski definition) is 1. The van der Waals surface area contributed by atoms with E-state index in [1.807, 2.05) is 42.5 Å². The minimum atomic E-state index is 0.659. The number of nitrogen functional groups attached to an aromatic ring is 1. The summed E-state index contributed by atoms with van der Waals surface area (Å²) in [6, 6.07) is 13.6. The first-order chi connectivity index (χ1) is 7.66. The summed E-state index contributed by atoms with van der Waals surface area (Å²) < 4.78 is 7.93. The first-order valence-electron chi connectivity index (χ1n) is 4.64. The van der Waals surface area contributed by atoms with E-state index in [1.54, 1.807) is 0 Å². The van der Waals surface area contributed by atoms with Crippen molar-refractivity contribution in [2.75, 3.05) is 5.73 Å². The Labute approximate surface area is 121 Å². The van der Waals surface area contributed by atoms with E-state index in [-0.39, 0.29) is 0 Å². The third kappa shape index (κ3) is 2.79. The van der Waals surface area contributed by atoms with Gasteiger partial charge in [-0.25, -0.2) is 0 Å². The van der Waals surface area contributed by atoms with Crippen molar-refractivity contribution in [1.82, 2.24) is 0 Å². The van der Waals surface area contributed by atoms with Crippen LogP contribution in [0.15, 0.2) is 42.5 Å². The summed E-state index contributed by atoms with van der Waals surface area (Å²) in [5, 5.41) is 0. The molecule has 2 nitrogen and oxygen atoms in total. The highest BCUT2D eigenvalue weighted by Crippen LogP contribution is 2.31. The van der Waals surface area contributed by atoms with Crippen molar-refractivity contribution < 1.29 is 4.74 Å². The Bertz CT molecular complexity index is 514. The van der Waals surface area contributed by atoms with Crippen LogP contribution in [0.25, 0.3) is 0 Å². The molecule has 2 aromatic carbocycles. The van der Waals surface area contributed by atoms with Gasteiger partial charge in [0.2, 0.25) is 0 Å². The lowest BCUT2D eigenvalue weighted by molar-refractivity contribution is 0.481. The van der Waals surface area contributed by atoms with Crippen LogP contribution in [-0.4, -0.2) is 0 Å². The number of nitrogens with two attached hydrogens (primary N) is 1. The topological polar surface area (TPSA) is 35.2 Å². The van der Waals surface area contributed by atoms with Crippen LogP contribution in [0.4, 0.5) is 5.69 Å². The standard InChI is InChI=1S/C12H9I2NO/c13-8-5-6-12(10(15)7-8)16-11-4-2-1-3-9(11)14/h1-7H,15H2.